The van der Waals surface area contributed by atoms with Crippen molar-refractivity contribution < 1.29 is 0 Å². The molecule has 154 valence electrons. The molecule has 5 aliphatic rings. The molecule has 0 aromatic rings. The highest BCUT2D eigenvalue weighted by atomic mass is 14.9. The second-order valence-corrected chi connectivity index (χ2v) is 11.3. The van der Waals surface area contributed by atoms with Crippen LogP contribution >= 0.6 is 0 Å². The van der Waals surface area contributed by atoms with Crippen LogP contribution in [0, 0.1) is 59.2 Å². The molecule has 4 bridgehead atoms. The van der Waals surface area contributed by atoms with Crippen LogP contribution in [-0.2, 0) is 0 Å². The Hall–Kier alpha value is -0.160. The van der Waals surface area contributed by atoms with Crippen molar-refractivity contribution in [3.63, 3.8) is 0 Å². The van der Waals surface area contributed by atoms with Gasteiger partial charge in [0.2, 0.25) is 0 Å². The van der Waals surface area contributed by atoms with Crippen LogP contribution in [-0.4, -0.2) is 38.3 Å². The molecule has 0 spiro atoms. The van der Waals surface area contributed by atoms with Crippen molar-refractivity contribution in [3.05, 3.63) is 0 Å². The Balaban J connectivity index is 1.20. The normalized spacial score (nSPS) is 51.6. The van der Waals surface area contributed by atoms with Crippen LogP contribution in [0.2, 0.25) is 0 Å². The second kappa shape index (κ2) is 7.27. The molecule has 0 radical (unpaired) electrons. The Morgan fingerprint density at radius 3 is 1.93 bits per heavy atom. The van der Waals surface area contributed by atoms with Crippen LogP contribution in [0.4, 0.5) is 0 Å². The quantitative estimate of drug-likeness (QED) is 0.524. The number of rotatable bonds is 8. The fraction of sp³-hybridized carbons (Fsp3) is 1.00. The van der Waals surface area contributed by atoms with Gasteiger partial charge in [-0.25, -0.2) is 0 Å². The summed E-state index contributed by atoms with van der Waals surface area (Å²) < 4.78 is 0. The van der Waals surface area contributed by atoms with Gasteiger partial charge in [0.05, 0.1) is 0 Å². The van der Waals surface area contributed by atoms with Crippen LogP contribution in [0.5, 0.6) is 0 Å². The first-order valence-corrected chi connectivity index (χ1v) is 12.0. The monoisotopic (exact) mass is 374 g/mol. The van der Waals surface area contributed by atoms with Crippen LogP contribution in [0.3, 0.4) is 0 Å². The molecule has 0 saturated heterocycles. The van der Waals surface area contributed by atoms with Gasteiger partial charge in [-0.3, -0.25) is 0 Å². The maximum Gasteiger partial charge on any atom is 0.0136 e. The molecule has 5 rings (SSSR count). The largest absolute Gasteiger partial charge is 0.327 e. The first-order chi connectivity index (χ1) is 13.0. The van der Waals surface area contributed by atoms with E-state index in [-0.39, 0.29) is 12.1 Å². The van der Waals surface area contributed by atoms with E-state index in [9.17, 15) is 0 Å². The Labute approximate surface area is 166 Å². The summed E-state index contributed by atoms with van der Waals surface area (Å²) in [6.07, 6.45) is 7.70. The molecule has 5 aliphatic carbocycles. The van der Waals surface area contributed by atoms with Crippen molar-refractivity contribution in [1.82, 2.24) is 10.6 Å². The first-order valence-electron chi connectivity index (χ1n) is 12.0. The van der Waals surface area contributed by atoms with E-state index < -0.39 is 0 Å². The lowest BCUT2D eigenvalue weighted by atomic mass is 9.67. The predicted molar refractivity (Wildman–Crippen MR) is 111 cm³/mol. The molecule has 0 heterocycles. The lowest BCUT2D eigenvalue weighted by Crippen LogP contribution is -2.40. The highest BCUT2D eigenvalue weighted by molar-refractivity contribution is 5.15. The van der Waals surface area contributed by atoms with Gasteiger partial charge in [0.15, 0.2) is 0 Å². The average Bonchev–Trinajstić information content (AvgIpc) is 3.36. The van der Waals surface area contributed by atoms with Crippen molar-refractivity contribution in [3.8, 4) is 0 Å². The first kappa shape index (κ1) is 18.8. The summed E-state index contributed by atoms with van der Waals surface area (Å²) in [6, 6.07) is 0.566. The highest BCUT2D eigenvalue weighted by Gasteiger charge is 2.66. The van der Waals surface area contributed by atoms with Gasteiger partial charge in [-0.05, 0) is 118 Å². The SMILES string of the molecule is CC(N)CNCC1CC2CC1C1CC3C4CC(CNCC(C)N)C(C4)C3C21. The zero-order valence-corrected chi connectivity index (χ0v) is 17.4. The number of nitrogens with two attached hydrogens (primary N) is 2. The molecule has 27 heavy (non-hydrogen) atoms. The van der Waals surface area contributed by atoms with Gasteiger partial charge in [-0.1, -0.05) is 0 Å². The van der Waals surface area contributed by atoms with Gasteiger partial charge in [-0.2, -0.15) is 0 Å². The summed E-state index contributed by atoms with van der Waals surface area (Å²) in [5, 5.41) is 7.35. The second-order valence-electron chi connectivity index (χ2n) is 11.3. The summed E-state index contributed by atoms with van der Waals surface area (Å²) in [6.45, 7) is 8.62. The molecular formula is C23H42N4. The summed E-state index contributed by atoms with van der Waals surface area (Å²) in [5.41, 5.74) is 11.9. The van der Waals surface area contributed by atoms with Gasteiger partial charge in [0, 0.05) is 25.2 Å². The number of hydrogen-bond donors (Lipinski definition) is 4. The van der Waals surface area contributed by atoms with Crippen LogP contribution < -0.4 is 22.1 Å². The molecule has 0 aliphatic heterocycles. The van der Waals surface area contributed by atoms with Gasteiger partial charge in [0.1, 0.15) is 0 Å². The van der Waals surface area contributed by atoms with Gasteiger partial charge < -0.3 is 22.1 Å². The summed E-state index contributed by atoms with van der Waals surface area (Å²) in [5.74, 6) is 10.4. The molecule has 0 amide bonds. The van der Waals surface area contributed by atoms with E-state index in [1.54, 1.807) is 19.3 Å². The van der Waals surface area contributed by atoms with Gasteiger partial charge >= 0.3 is 0 Å². The standard InChI is InChI=1S/C23H42N4/c1-12(24)8-26-10-16-4-15-6-18(16)21-7-20-14-3-17(11-27-9-13(2)25)19(5-14)23(20)22(15)21/h12-23,26-27H,3-11,24-25H2,1-2H3. The topological polar surface area (TPSA) is 76.1 Å². The maximum atomic E-state index is 5.94. The average molecular weight is 375 g/mol. The number of hydrogen-bond acceptors (Lipinski definition) is 4. The van der Waals surface area contributed by atoms with E-state index in [0.717, 1.165) is 72.3 Å². The lowest BCUT2D eigenvalue weighted by Gasteiger charge is -2.38. The molecule has 12 atom stereocenters. The Bertz CT molecular complexity index is 534. The van der Waals surface area contributed by atoms with Crippen molar-refractivity contribution >= 4 is 0 Å². The zero-order valence-electron chi connectivity index (χ0n) is 17.4. The van der Waals surface area contributed by atoms with Crippen molar-refractivity contribution in [2.45, 2.75) is 58.0 Å². The highest BCUT2D eigenvalue weighted by Crippen LogP contribution is 2.72. The smallest absolute Gasteiger partial charge is 0.0136 e. The van der Waals surface area contributed by atoms with Crippen LogP contribution in [0.25, 0.3) is 0 Å². The molecule has 5 fully saturated rings. The predicted octanol–water partition coefficient (Wildman–Crippen LogP) is 2.04. The minimum Gasteiger partial charge on any atom is -0.327 e. The van der Waals surface area contributed by atoms with E-state index in [1.165, 1.54) is 25.9 Å². The van der Waals surface area contributed by atoms with Gasteiger partial charge in [-0.15, -0.1) is 0 Å². The molecule has 4 nitrogen and oxygen atoms in total. The number of nitrogens with one attached hydrogen (secondary N) is 2. The fourth-order valence-electron chi connectivity index (χ4n) is 8.96. The lowest BCUT2D eigenvalue weighted by molar-refractivity contribution is 0.101. The van der Waals surface area contributed by atoms with Crippen LogP contribution in [0.1, 0.15) is 46.0 Å². The molecule has 0 aromatic carbocycles. The van der Waals surface area contributed by atoms with Crippen molar-refractivity contribution in [1.29, 1.82) is 0 Å². The molecular weight excluding hydrogens is 332 g/mol. The minimum atomic E-state index is 0.283. The van der Waals surface area contributed by atoms with Crippen LogP contribution in [0.15, 0.2) is 0 Å². The third-order valence-corrected chi connectivity index (χ3v) is 9.49. The Morgan fingerprint density at radius 2 is 1.26 bits per heavy atom. The fourth-order valence-corrected chi connectivity index (χ4v) is 8.96. The number of fused-ring (bicyclic) bond motifs is 11. The zero-order chi connectivity index (χ0) is 18.7. The summed E-state index contributed by atoms with van der Waals surface area (Å²) in [4.78, 5) is 0. The van der Waals surface area contributed by atoms with E-state index in [4.69, 9.17) is 11.5 Å². The van der Waals surface area contributed by atoms with E-state index >= 15 is 0 Å². The summed E-state index contributed by atoms with van der Waals surface area (Å²) >= 11 is 0. The molecule has 12 unspecified atom stereocenters. The van der Waals surface area contributed by atoms with E-state index in [1.807, 2.05) is 0 Å². The molecule has 4 heteroatoms. The molecule has 6 N–H and O–H groups in total. The third-order valence-electron chi connectivity index (χ3n) is 9.49. The summed E-state index contributed by atoms with van der Waals surface area (Å²) in [7, 11) is 0. The third kappa shape index (κ3) is 3.19. The minimum absolute atomic E-state index is 0.283. The molecule has 5 saturated carbocycles. The van der Waals surface area contributed by atoms with Crippen molar-refractivity contribution in [2.75, 3.05) is 26.2 Å². The van der Waals surface area contributed by atoms with E-state index in [2.05, 4.69) is 24.5 Å². The Kier molecular flexibility index (Phi) is 5.07. The maximum absolute atomic E-state index is 5.94. The molecule has 0 aromatic heterocycles. The van der Waals surface area contributed by atoms with Gasteiger partial charge in [0.25, 0.3) is 0 Å². The van der Waals surface area contributed by atoms with E-state index in [0.29, 0.717) is 0 Å². The Morgan fingerprint density at radius 1 is 0.667 bits per heavy atom. The van der Waals surface area contributed by atoms with Crippen molar-refractivity contribution in [2.24, 2.45) is 70.6 Å².